The summed E-state index contributed by atoms with van der Waals surface area (Å²) in [6.45, 7) is 0. The second kappa shape index (κ2) is 36.5. The molecule has 84 valence electrons. The van der Waals surface area contributed by atoms with Crippen LogP contribution in [-0.2, 0) is 20.2 Å². The third-order valence-electron chi connectivity index (χ3n) is 0. The smallest absolute Gasteiger partial charge is 1.00 e. The zero-order chi connectivity index (χ0) is 4.50. The Balaban J connectivity index is -0.00000000178. The maximum atomic E-state index is 9.11. The van der Waals surface area contributed by atoms with Crippen molar-refractivity contribution in [1.82, 2.24) is 0 Å². The molecule has 0 aromatic rings. The van der Waals surface area contributed by atoms with Gasteiger partial charge in [0.25, 0.3) is 9.05 Å². The Morgan fingerprint density at radius 2 is 0.923 bits per heavy atom. The molecule has 0 radical (unpaired) electrons. The molecule has 0 saturated heterocycles. The Morgan fingerprint density at radius 3 is 0.923 bits per heavy atom. The van der Waals surface area contributed by atoms with Crippen LogP contribution in [0.5, 0.6) is 0 Å². The zero-order valence-corrected chi connectivity index (χ0v) is 14.4. The van der Waals surface area contributed by atoms with E-state index in [4.69, 9.17) is 13.3 Å². The Bertz CT molecular complexity index is 112. The van der Waals surface area contributed by atoms with Crippen molar-refractivity contribution in [3.05, 3.63) is 0 Å². The van der Waals surface area contributed by atoms with Crippen molar-refractivity contribution in [3.8, 4) is 0 Å². The van der Waals surface area contributed by atoms with Crippen molar-refractivity contribution in [2.24, 2.45) is 0 Å². The molecule has 0 atom stereocenters. The predicted molar refractivity (Wildman–Crippen MR) is 51.4 cm³/mol. The molecule has 0 unspecified atom stereocenters. The molecule has 0 aliphatic carbocycles. The van der Waals surface area contributed by atoms with E-state index in [2.05, 4.69) is 11.2 Å². The van der Waals surface area contributed by atoms with E-state index in [0.717, 1.165) is 0 Å². The average molecular weight is 333 g/mol. The van der Waals surface area contributed by atoms with Gasteiger partial charge in [-0.1, -0.05) is 0 Å². The average Bonchev–Trinajstić information content (AvgIpc) is 0.722. The van der Waals surface area contributed by atoms with Gasteiger partial charge in [-0.05, 0) is 0 Å². The van der Waals surface area contributed by atoms with Gasteiger partial charge in [-0.2, -0.15) is 4.21 Å². The first-order valence-electron chi connectivity index (χ1n) is 0.698. The molecule has 0 aliphatic heterocycles. The largest absolute Gasteiger partial charge is 1.00 e. The fourth-order valence-corrected chi connectivity index (χ4v) is 0. The minimum absolute atomic E-state index is 0. The standard InChI is InChI=1S/BrH.2Na.H2O3S2.5H2O.2H/c;;;1-5(2,3)4;;;;;;;/h1H;;;(H2,1,2,3,4);5*1H2;;/q;2*+1;;;;;;;2*-1. The molecular formula is H15BrNa2O8S2. The summed E-state index contributed by atoms with van der Waals surface area (Å²) in [5.74, 6) is 0. The van der Waals surface area contributed by atoms with Crippen molar-refractivity contribution in [2.75, 3.05) is 0 Å². The minimum atomic E-state index is -3.83. The molecule has 0 aromatic heterocycles. The van der Waals surface area contributed by atoms with Crippen molar-refractivity contribution < 1.29 is 103 Å². The van der Waals surface area contributed by atoms with Crippen LogP contribution in [0.1, 0.15) is 2.85 Å². The van der Waals surface area contributed by atoms with Crippen LogP contribution >= 0.6 is 17.0 Å². The van der Waals surface area contributed by atoms with Gasteiger partial charge in [-0.25, -0.2) is 0 Å². The summed E-state index contributed by atoms with van der Waals surface area (Å²) in [6, 6.07) is 0. The Kier molecular flexibility index (Phi) is 215. The van der Waals surface area contributed by atoms with Gasteiger partial charge in [0.2, 0.25) is 0 Å². The van der Waals surface area contributed by atoms with Crippen molar-refractivity contribution in [3.63, 3.8) is 0 Å². The molecule has 8 nitrogen and oxygen atoms in total. The molecule has 0 saturated carbocycles. The van der Waals surface area contributed by atoms with Crippen molar-refractivity contribution >= 4 is 37.2 Å². The Labute approximate surface area is 138 Å². The van der Waals surface area contributed by atoms with Gasteiger partial charge >= 0.3 is 59.1 Å². The maximum absolute atomic E-state index is 9.11. The number of halogens is 1. The quantitative estimate of drug-likeness (QED) is 0.412. The fraction of sp³-hybridized carbons (Fsp3) is 0. The summed E-state index contributed by atoms with van der Waals surface area (Å²) in [6.07, 6.45) is 0. The van der Waals surface area contributed by atoms with E-state index in [1.165, 1.54) is 0 Å². The minimum Gasteiger partial charge on any atom is -1.00 e. The molecule has 0 heterocycles. The molecule has 0 bridgehead atoms. The van der Waals surface area contributed by atoms with Crippen molar-refractivity contribution in [1.29, 1.82) is 0 Å². The third kappa shape index (κ3) is 349. The van der Waals surface area contributed by atoms with Gasteiger partial charge in [-0.3, -0.25) is 9.11 Å². The monoisotopic (exact) mass is 332 g/mol. The first-order chi connectivity index (χ1) is 2.00. The molecule has 0 aromatic carbocycles. The Morgan fingerprint density at radius 1 is 0.923 bits per heavy atom. The van der Waals surface area contributed by atoms with Crippen LogP contribution in [-0.4, -0.2) is 40.7 Å². The molecule has 12 N–H and O–H groups in total. The topological polar surface area (TPSA) is 215 Å². The van der Waals surface area contributed by atoms with E-state index in [0.29, 0.717) is 0 Å². The summed E-state index contributed by atoms with van der Waals surface area (Å²) in [7, 11) is -3.83. The summed E-state index contributed by atoms with van der Waals surface area (Å²) >= 11 is 3.47. The summed E-state index contributed by atoms with van der Waals surface area (Å²) in [5, 5.41) is 0. The van der Waals surface area contributed by atoms with Gasteiger partial charge in [0.1, 0.15) is 0 Å². The summed E-state index contributed by atoms with van der Waals surface area (Å²) < 4.78 is 24.0. The zero-order valence-electron chi connectivity index (χ0n) is 9.03. The SMILES string of the molecule is Br.O.O.O.O.O.O=S(O)(O)=S.[H-].[H-].[Na+].[Na+]. The van der Waals surface area contributed by atoms with Crippen LogP contribution in [0.25, 0.3) is 0 Å². The van der Waals surface area contributed by atoms with Gasteiger partial charge in [0.15, 0.2) is 0 Å². The summed E-state index contributed by atoms with van der Waals surface area (Å²) in [5.41, 5.74) is 0. The van der Waals surface area contributed by atoms with E-state index in [9.17, 15) is 0 Å². The maximum Gasteiger partial charge on any atom is 1.00 e. The van der Waals surface area contributed by atoms with Gasteiger partial charge in [0.05, 0.1) is 0 Å². The second-order valence-electron chi connectivity index (χ2n) is 0.448. The van der Waals surface area contributed by atoms with Crippen LogP contribution < -0.4 is 59.1 Å². The van der Waals surface area contributed by atoms with Gasteiger partial charge in [0, 0.05) is 11.2 Å². The van der Waals surface area contributed by atoms with Crippen LogP contribution in [0.3, 0.4) is 0 Å². The molecule has 0 aliphatic rings. The predicted octanol–water partition coefficient (Wildman–Crippen LogP) is -9.63. The van der Waals surface area contributed by atoms with Crippen LogP contribution in [0.4, 0.5) is 0 Å². The van der Waals surface area contributed by atoms with E-state index in [1.54, 1.807) is 0 Å². The normalized spacial score (nSPS) is 4.46. The molecule has 13 heteroatoms. The van der Waals surface area contributed by atoms with E-state index in [-0.39, 0.29) is 106 Å². The first-order valence-corrected chi connectivity index (χ1v) is 3.10. The van der Waals surface area contributed by atoms with Gasteiger partial charge < -0.3 is 30.2 Å². The fourth-order valence-electron chi connectivity index (χ4n) is 0. The van der Waals surface area contributed by atoms with Gasteiger partial charge in [-0.15, -0.1) is 17.0 Å². The molecular weight excluding hydrogens is 318 g/mol. The summed E-state index contributed by atoms with van der Waals surface area (Å²) in [4.78, 5) is 0. The second-order valence-corrected chi connectivity index (χ2v) is 2.65. The van der Waals surface area contributed by atoms with Crippen LogP contribution in [0.2, 0.25) is 0 Å². The van der Waals surface area contributed by atoms with E-state index >= 15 is 0 Å². The molecule has 0 amide bonds. The van der Waals surface area contributed by atoms with Crippen LogP contribution in [0.15, 0.2) is 0 Å². The first kappa shape index (κ1) is 76.6. The Hall–Kier alpha value is 2.57. The number of hydrogen-bond acceptors (Lipinski definition) is 2. The van der Waals surface area contributed by atoms with E-state index in [1.807, 2.05) is 0 Å². The van der Waals surface area contributed by atoms with E-state index < -0.39 is 9.05 Å². The molecule has 0 spiro atoms. The van der Waals surface area contributed by atoms with Crippen LogP contribution in [0, 0.1) is 0 Å². The number of hydrogen-bond donors (Lipinski definition) is 2. The molecule has 0 fully saturated rings. The third-order valence-corrected chi connectivity index (χ3v) is 0. The van der Waals surface area contributed by atoms with Crippen molar-refractivity contribution in [2.45, 2.75) is 0 Å². The molecule has 13 heavy (non-hydrogen) atoms. The molecule has 0 rings (SSSR count). The number of rotatable bonds is 0.